The molecule has 0 aliphatic carbocycles. The zero-order valence-corrected chi connectivity index (χ0v) is 11.5. The highest BCUT2D eigenvalue weighted by Crippen LogP contribution is 2.28. The van der Waals surface area contributed by atoms with E-state index in [0.717, 1.165) is 14.2 Å². The molecule has 0 saturated heterocycles. The van der Waals surface area contributed by atoms with Gasteiger partial charge in [-0.1, -0.05) is 6.07 Å². The van der Waals surface area contributed by atoms with Crippen molar-refractivity contribution >= 4 is 22.0 Å². The molecule has 0 unspecified atom stereocenters. The van der Waals surface area contributed by atoms with Crippen LogP contribution in [0.3, 0.4) is 0 Å². The average Bonchev–Trinajstić information content (AvgIpc) is 2.81. The summed E-state index contributed by atoms with van der Waals surface area (Å²) in [6.07, 6.45) is 2.10. The quantitative estimate of drug-likeness (QED) is 0.847. The first-order valence-electron chi connectivity index (χ1n) is 5.78. The van der Waals surface area contributed by atoms with E-state index in [9.17, 15) is 13.2 Å². The van der Waals surface area contributed by atoms with Gasteiger partial charge in [0.15, 0.2) is 0 Å². The lowest BCUT2D eigenvalue weighted by Gasteiger charge is -2.27. The van der Waals surface area contributed by atoms with E-state index >= 15 is 0 Å². The van der Waals surface area contributed by atoms with E-state index in [2.05, 4.69) is 4.98 Å². The van der Waals surface area contributed by atoms with Crippen molar-refractivity contribution in [1.29, 1.82) is 0 Å². The highest BCUT2D eigenvalue weighted by molar-refractivity contribution is 7.90. The van der Waals surface area contributed by atoms with Gasteiger partial charge in [0, 0.05) is 19.8 Å². The maximum Gasteiger partial charge on any atom is 0.321 e. The summed E-state index contributed by atoms with van der Waals surface area (Å²) in [5.41, 5.74) is 0.849. The van der Waals surface area contributed by atoms with E-state index in [1.165, 1.54) is 20.2 Å². The first-order valence-corrected chi connectivity index (χ1v) is 7.18. The van der Waals surface area contributed by atoms with Gasteiger partial charge < -0.3 is 5.11 Å². The normalized spacial score (nSPS) is 16.5. The summed E-state index contributed by atoms with van der Waals surface area (Å²) in [5.74, 6) is -0.807. The van der Waals surface area contributed by atoms with Gasteiger partial charge >= 0.3 is 16.2 Å². The maximum absolute atomic E-state index is 12.4. The molecule has 2 rings (SSSR count). The number of carboxylic acid groups (broad SMARTS) is 1. The number of hydrogen-bond acceptors (Lipinski definition) is 4. The monoisotopic (exact) mass is 285 g/mol. The lowest BCUT2D eigenvalue weighted by atomic mass is 10.2. The number of nitrogens with zero attached hydrogens (tertiary/aromatic N) is 3. The van der Waals surface area contributed by atoms with Crippen molar-refractivity contribution in [3.8, 4) is 0 Å². The number of aromatic nitrogens is 1. The van der Waals surface area contributed by atoms with Crippen LogP contribution in [0.4, 0.5) is 5.82 Å². The fourth-order valence-electron chi connectivity index (χ4n) is 1.91. The van der Waals surface area contributed by atoms with Crippen LogP contribution < -0.4 is 4.31 Å². The van der Waals surface area contributed by atoms with E-state index in [4.69, 9.17) is 5.11 Å². The molecule has 1 N–H and O–H groups in total. The van der Waals surface area contributed by atoms with Gasteiger partial charge in [-0.3, -0.25) is 4.79 Å². The number of fused-ring (bicyclic) bond motifs is 1. The minimum atomic E-state index is -3.87. The van der Waals surface area contributed by atoms with E-state index in [-0.39, 0.29) is 6.54 Å². The predicted octanol–water partition coefficient (Wildman–Crippen LogP) is 0.0938. The Morgan fingerprint density at radius 1 is 1.58 bits per heavy atom. The fourth-order valence-corrected chi connectivity index (χ4v) is 3.42. The second-order valence-corrected chi connectivity index (χ2v) is 6.26. The Morgan fingerprint density at radius 2 is 2.26 bits per heavy atom. The number of likely N-dealkylation sites (N-methyl/N-ethyl adjacent to an activating group) is 1. The summed E-state index contributed by atoms with van der Waals surface area (Å²) in [6, 6.07) is 2.44. The van der Waals surface area contributed by atoms with E-state index in [0.29, 0.717) is 12.2 Å². The molecule has 1 aliphatic heterocycles. The molecule has 1 aromatic heterocycles. The minimum absolute atomic E-state index is 0.283. The number of aliphatic carboxylic acids is 1. The van der Waals surface area contributed by atoms with Crippen LogP contribution in [0.2, 0.25) is 0 Å². The highest BCUT2D eigenvalue weighted by atomic mass is 32.2. The lowest BCUT2D eigenvalue weighted by molar-refractivity contribution is -0.140. The topological polar surface area (TPSA) is 90.8 Å². The van der Waals surface area contributed by atoms with Crippen LogP contribution in [0.15, 0.2) is 18.3 Å². The molecule has 0 spiro atoms. The number of pyridine rings is 1. The Balaban J connectivity index is 2.35. The van der Waals surface area contributed by atoms with Crippen LogP contribution in [0.5, 0.6) is 0 Å². The van der Waals surface area contributed by atoms with Crippen molar-refractivity contribution in [2.75, 3.05) is 17.9 Å². The minimum Gasteiger partial charge on any atom is -0.480 e. The predicted molar refractivity (Wildman–Crippen MR) is 69.1 cm³/mol. The molecule has 1 atom stereocenters. The number of carbonyl (C=O) groups is 1. The SMILES string of the molecule is C[C@H](C(=O)O)N(C)S(=O)(=O)N1CCc2cccnc21. The molecule has 2 heterocycles. The van der Waals surface area contributed by atoms with Gasteiger partial charge in [0.1, 0.15) is 11.9 Å². The summed E-state index contributed by atoms with van der Waals surface area (Å²) >= 11 is 0. The molecule has 0 radical (unpaired) electrons. The number of carboxylic acids is 1. The van der Waals surface area contributed by atoms with Crippen molar-refractivity contribution in [3.63, 3.8) is 0 Å². The molecule has 0 aromatic carbocycles. The van der Waals surface area contributed by atoms with E-state index in [1.807, 2.05) is 6.07 Å². The number of hydrogen-bond donors (Lipinski definition) is 1. The summed E-state index contributed by atoms with van der Waals surface area (Å²) in [4.78, 5) is 15.0. The smallest absolute Gasteiger partial charge is 0.321 e. The van der Waals surface area contributed by atoms with E-state index in [1.54, 1.807) is 6.07 Å². The molecule has 0 bridgehead atoms. The molecule has 1 aromatic rings. The summed E-state index contributed by atoms with van der Waals surface area (Å²) < 4.78 is 26.8. The Morgan fingerprint density at radius 3 is 2.89 bits per heavy atom. The van der Waals surface area contributed by atoms with Crippen LogP contribution in [0, 0.1) is 0 Å². The van der Waals surface area contributed by atoms with Gasteiger partial charge in [0.25, 0.3) is 0 Å². The molecule has 0 fully saturated rings. The Kier molecular flexibility index (Phi) is 3.46. The average molecular weight is 285 g/mol. The standard InChI is InChI=1S/C11H15N3O4S/c1-8(11(15)16)13(2)19(17,18)14-7-5-9-4-3-6-12-10(9)14/h3-4,6,8H,5,7H2,1-2H3,(H,15,16)/t8-/m1/s1. The largest absolute Gasteiger partial charge is 0.480 e. The van der Waals surface area contributed by atoms with Crippen LogP contribution in [0.25, 0.3) is 0 Å². The number of rotatable bonds is 4. The van der Waals surface area contributed by atoms with Crippen molar-refractivity contribution < 1.29 is 18.3 Å². The molecule has 0 saturated carbocycles. The second kappa shape index (κ2) is 4.78. The zero-order chi connectivity index (χ0) is 14.2. The second-order valence-electron chi connectivity index (χ2n) is 4.35. The van der Waals surface area contributed by atoms with E-state index < -0.39 is 22.2 Å². The van der Waals surface area contributed by atoms with Crippen LogP contribution in [-0.2, 0) is 21.4 Å². The summed E-state index contributed by atoms with van der Waals surface area (Å²) in [7, 11) is -2.61. The summed E-state index contributed by atoms with van der Waals surface area (Å²) in [5, 5.41) is 8.91. The third kappa shape index (κ3) is 2.28. The van der Waals surface area contributed by atoms with Gasteiger partial charge in [-0.05, 0) is 25.0 Å². The van der Waals surface area contributed by atoms with Crippen molar-refractivity contribution in [2.45, 2.75) is 19.4 Å². The van der Waals surface area contributed by atoms with Crippen LogP contribution in [0.1, 0.15) is 12.5 Å². The van der Waals surface area contributed by atoms with Crippen molar-refractivity contribution in [2.24, 2.45) is 0 Å². The first-order chi connectivity index (χ1) is 8.85. The maximum atomic E-state index is 12.4. The lowest BCUT2D eigenvalue weighted by Crippen LogP contribution is -2.48. The Labute approximate surface area is 111 Å². The van der Waals surface area contributed by atoms with Crippen molar-refractivity contribution in [1.82, 2.24) is 9.29 Å². The third-order valence-electron chi connectivity index (χ3n) is 3.23. The molecule has 1 aliphatic rings. The molecule has 7 nitrogen and oxygen atoms in total. The first kappa shape index (κ1) is 13.8. The van der Waals surface area contributed by atoms with Gasteiger partial charge in [0.05, 0.1) is 0 Å². The third-order valence-corrected chi connectivity index (χ3v) is 5.19. The Bertz CT molecular complexity index is 602. The molecular weight excluding hydrogens is 270 g/mol. The highest BCUT2D eigenvalue weighted by Gasteiger charge is 2.37. The zero-order valence-electron chi connectivity index (χ0n) is 10.6. The number of anilines is 1. The van der Waals surface area contributed by atoms with Crippen LogP contribution >= 0.6 is 0 Å². The molecule has 8 heteroatoms. The van der Waals surface area contributed by atoms with Crippen LogP contribution in [-0.4, -0.2) is 48.4 Å². The molecule has 0 amide bonds. The van der Waals surface area contributed by atoms with Gasteiger partial charge in [0.2, 0.25) is 0 Å². The molecule has 19 heavy (non-hydrogen) atoms. The summed E-state index contributed by atoms with van der Waals surface area (Å²) in [6.45, 7) is 1.61. The Hall–Kier alpha value is -1.67. The van der Waals surface area contributed by atoms with Gasteiger partial charge in [-0.15, -0.1) is 0 Å². The molecular formula is C11H15N3O4S. The fraction of sp³-hybridized carbons (Fsp3) is 0.455. The van der Waals surface area contributed by atoms with Gasteiger partial charge in [-0.25, -0.2) is 9.29 Å². The van der Waals surface area contributed by atoms with Gasteiger partial charge in [-0.2, -0.15) is 12.7 Å². The molecule has 104 valence electrons. The van der Waals surface area contributed by atoms with Crippen molar-refractivity contribution in [3.05, 3.63) is 23.9 Å².